The second kappa shape index (κ2) is 8.17. The van der Waals surface area contributed by atoms with Gasteiger partial charge in [0.2, 0.25) is 0 Å². The van der Waals surface area contributed by atoms with Gasteiger partial charge in [0.1, 0.15) is 18.2 Å². The molecule has 1 fully saturated rings. The monoisotopic (exact) mass is 478 g/mol. The molecule has 1 aromatic heterocycles. The van der Waals surface area contributed by atoms with E-state index in [0.29, 0.717) is 31.8 Å². The smallest absolute Gasteiger partial charge is 0.328 e. The Kier molecular flexibility index (Phi) is 5.74. The van der Waals surface area contributed by atoms with Crippen LogP contribution in [0.3, 0.4) is 0 Å². The molecule has 0 spiro atoms. The average Bonchev–Trinajstić information content (AvgIpc) is 2.95. The zero-order valence-electron chi connectivity index (χ0n) is 17.2. The van der Waals surface area contributed by atoms with Crippen LogP contribution >= 0.6 is 15.9 Å². The van der Waals surface area contributed by atoms with Gasteiger partial charge in [-0.2, -0.15) is 0 Å². The molecule has 1 saturated heterocycles. The number of rotatable bonds is 5. The van der Waals surface area contributed by atoms with E-state index in [1.807, 2.05) is 18.2 Å². The summed E-state index contributed by atoms with van der Waals surface area (Å²) in [7, 11) is 5.12. The third-order valence-electron chi connectivity index (χ3n) is 5.92. The molecule has 0 amide bonds. The minimum Gasteiger partial charge on any atom is -0.489 e. The molecular weight excluding hydrogens is 455 g/mol. The predicted molar refractivity (Wildman–Crippen MR) is 115 cm³/mol. The van der Waals surface area contributed by atoms with Crippen LogP contribution in [0, 0.1) is 5.82 Å². The Hall–Kier alpha value is -2.16. The highest BCUT2D eigenvalue weighted by Crippen LogP contribution is 2.37. The van der Waals surface area contributed by atoms with E-state index in [0.717, 1.165) is 26.6 Å². The van der Waals surface area contributed by atoms with Gasteiger partial charge in [0.05, 0.1) is 16.6 Å². The maximum Gasteiger partial charge on any atom is 0.328 e. The van der Waals surface area contributed by atoms with Crippen molar-refractivity contribution in [2.45, 2.75) is 25.0 Å². The molecule has 2 heterocycles. The van der Waals surface area contributed by atoms with Gasteiger partial charge in [0.25, 0.3) is 0 Å². The molecule has 4 rings (SSSR count). The fourth-order valence-corrected chi connectivity index (χ4v) is 4.50. The second-order valence-electron chi connectivity index (χ2n) is 7.61. The van der Waals surface area contributed by atoms with Crippen molar-refractivity contribution in [3.05, 3.63) is 62.2 Å². The quantitative estimate of drug-likeness (QED) is 0.555. The topological polar surface area (TPSA) is 54.6 Å². The van der Waals surface area contributed by atoms with Crippen molar-refractivity contribution in [1.29, 1.82) is 0 Å². The minimum atomic E-state index is -0.569. The third kappa shape index (κ3) is 3.68. The first kappa shape index (κ1) is 21.1. The lowest BCUT2D eigenvalue weighted by molar-refractivity contribution is -0.0950. The van der Waals surface area contributed by atoms with Crippen LogP contribution in [0.5, 0.6) is 5.75 Å². The summed E-state index contributed by atoms with van der Waals surface area (Å²) in [5.41, 5.74) is 2.59. The van der Waals surface area contributed by atoms with Crippen LogP contribution in [-0.4, -0.2) is 29.5 Å². The zero-order valence-corrected chi connectivity index (χ0v) is 18.8. The van der Waals surface area contributed by atoms with Crippen molar-refractivity contribution in [2.24, 2.45) is 14.1 Å². The standard InChI is InChI=1S/C22H24BrFN2O4/c1-25-19-8-14(18(23)12-20(19)26(2)21(25)27)13-30-17-10-15(9-16(24)11-17)22(28-3)4-6-29-7-5-22/h8-12H,4-7,13H2,1-3H3. The second-order valence-corrected chi connectivity index (χ2v) is 8.46. The summed E-state index contributed by atoms with van der Waals surface area (Å²) in [6.45, 7) is 1.37. The first-order chi connectivity index (χ1) is 14.3. The molecule has 2 aromatic carbocycles. The van der Waals surface area contributed by atoms with Gasteiger partial charge in [0.15, 0.2) is 0 Å². The Balaban J connectivity index is 1.63. The third-order valence-corrected chi connectivity index (χ3v) is 6.66. The van der Waals surface area contributed by atoms with E-state index in [1.54, 1.807) is 30.3 Å². The van der Waals surface area contributed by atoms with Gasteiger partial charge in [-0.05, 0) is 29.8 Å². The number of ether oxygens (including phenoxy) is 3. The number of benzene rings is 2. The molecule has 0 saturated carbocycles. The van der Waals surface area contributed by atoms with Gasteiger partial charge < -0.3 is 14.2 Å². The maximum absolute atomic E-state index is 14.4. The zero-order chi connectivity index (χ0) is 21.5. The van der Waals surface area contributed by atoms with E-state index < -0.39 is 5.60 Å². The SMILES string of the molecule is COC1(c2cc(F)cc(OCc3cc4c(cc3Br)n(C)c(=O)n4C)c2)CCOCC1. The van der Waals surface area contributed by atoms with Gasteiger partial charge in [-0.25, -0.2) is 9.18 Å². The average molecular weight is 479 g/mol. The summed E-state index contributed by atoms with van der Waals surface area (Å²) >= 11 is 3.56. The van der Waals surface area contributed by atoms with Crippen LogP contribution in [0.2, 0.25) is 0 Å². The lowest BCUT2D eigenvalue weighted by Gasteiger charge is -2.36. The van der Waals surface area contributed by atoms with E-state index in [9.17, 15) is 9.18 Å². The number of nitrogens with zero attached hydrogens (tertiary/aromatic N) is 2. The number of aromatic nitrogens is 2. The van der Waals surface area contributed by atoms with Gasteiger partial charge in [-0.15, -0.1) is 0 Å². The molecule has 30 heavy (non-hydrogen) atoms. The van der Waals surface area contributed by atoms with Gasteiger partial charge in [0, 0.05) is 63.4 Å². The molecule has 160 valence electrons. The number of imidazole rings is 1. The first-order valence-electron chi connectivity index (χ1n) is 9.75. The molecule has 0 bridgehead atoms. The van der Waals surface area contributed by atoms with Crippen LogP contribution < -0.4 is 10.4 Å². The van der Waals surface area contributed by atoms with Crippen LogP contribution in [0.15, 0.2) is 39.6 Å². The number of halogens is 2. The molecule has 0 aliphatic carbocycles. The van der Waals surface area contributed by atoms with Crippen molar-refractivity contribution >= 4 is 27.0 Å². The first-order valence-corrected chi connectivity index (χ1v) is 10.5. The number of hydrogen-bond acceptors (Lipinski definition) is 4. The van der Waals surface area contributed by atoms with Gasteiger partial charge in [-0.1, -0.05) is 15.9 Å². The summed E-state index contributed by atoms with van der Waals surface area (Å²) in [5, 5.41) is 0. The number of aryl methyl sites for hydroxylation is 2. The highest BCUT2D eigenvalue weighted by Gasteiger charge is 2.35. The Morgan fingerprint density at radius 2 is 1.77 bits per heavy atom. The Morgan fingerprint density at radius 1 is 1.10 bits per heavy atom. The number of hydrogen-bond donors (Lipinski definition) is 0. The Bertz CT molecular complexity index is 1150. The predicted octanol–water partition coefficient (Wildman–Crippen LogP) is 4.01. The largest absolute Gasteiger partial charge is 0.489 e. The summed E-state index contributed by atoms with van der Waals surface area (Å²) in [6.07, 6.45) is 1.33. The van der Waals surface area contributed by atoms with Crippen molar-refractivity contribution in [1.82, 2.24) is 9.13 Å². The molecule has 6 nitrogen and oxygen atoms in total. The summed E-state index contributed by atoms with van der Waals surface area (Å²) in [6, 6.07) is 8.52. The molecule has 0 unspecified atom stereocenters. The normalized spacial score (nSPS) is 16.2. The fourth-order valence-electron chi connectivity index (χ4n) is 4.06. The van der Waals surface area contributed by atoms with Crippen LogP contribution in [-0.2, 0) is 35.8 Å². The van der Waals surface area contributed by atoms with E-state index in [1.165, 1.54) is 12.1 Å². The number of fused-ring (bicyclic) bond motifs is 1. The minimum absolute atomic E-state index is 0.0916. The van der Waals surface area contributed by atoms with E-state index in [2.05, 4.69) is 15.9 Å². The van der Waals surface area contributed by atoms with Gasteiger partial charge in [-0.3, -0.25) is 9.13 Å². The Labute approximate surface area is 182 Å². The van der Waals surface area contributed by atoms with E-state index in [-0.39, 0.29) is 18.1 Å². The summed E-state index contributed by atoms with van der Waals surface area (Å²) in [4.78, 5) is 12.2. The molecule has 1 aliphatic heterocycles. The summed E-state index contributed by atoms with van der Waals surface area (Å²) in [5.74, 6) is 0.0623. The molecular formula is C22H24BrFN2O4. The van der Waals surface area contributed by atoms with E-state index >= 15 is 0 Å². The maximum atomic E-state index is 14.4. The van der Waals surface area contributed by atoms with Gasteiger partial charge >= 0.3 is 5.69 Å². The number of methoxy groups -OCH3 is 1. The highest BCUT2D eigenvalue weighted by atomic mass is 79.9. The molecule has 8 heteroatoms. The van der Waals surface area contributed by atoms with Crippen LogP contribution in [0.25, 0.3) is 11.0 Å². The van der Waals surface area contributed by atoms with Crippen molar-refractivity contribution in [3.63, 3.8) is 0 Å². The lowest BCUT2D eigenvalue weighted by Crippen LogP contribution is -2.35. The van der Waals surface area contributed by atoms with Crippen molar-refractivity contribution in [3.8, 4) is 5.75 Å². The molecule has 0 N–H and O–H groups in total. The highest BCUT2D eigenvalue weighted by molar-refractivity contribution is 9.10. The molecule has 0 radical (unpaired) electrons. The molecule has 0 atom stereocenters. The fraction of sp³-hybridized carbons (Fsp3) is 0.409. The van der Waals surface area contributed by atoms with Crippen molar-refractivity contribution < 1.29 is 18.6 Å². The van der Waals surface area contributed by atoms with Crippen LogP contribution in [0.1, 0.15) is 24.0 Å². The van der Waals surface area contributed by atoms with E-state index in [4.69, 9.17) is 14.2 Å². The Morgan fingerprint density at radius 3 is 2.43 bits per heavy atom. The molecule has 1 aliphatic rings. The summed E-state index contributed by atoms with van der Waals surface area (Å²) < 4.78 is 35.6. The van der Waals surface area contributed by atoms with Crippen LogP contribution in [0.4, 0.5) is 4.39 Å². The molecule has 3 aromatic rings. The lowest BCUT2D eigenvalue weighted by atomic mass is 9.86. The van der Waals surface area contributed by atoms with Crippen molar-refractivity contribution in [2.75, 3.05) is 20.3 Å².